The number of fused-ring (bicyclic) bond motifs is 1. The van der Waals surface area contributed by atoms with Crippen molar-refractivity contribution in [1.82, 2.24) is 9.88 Å². The molecule has 6 nitrogen and oxygen atoms in total. The van der Waals surface area contributed by atoms with Gasteiger partial charge in [-0.1, -0.05) is 0 Å². The summed E-state index contributed by atoms with van der Waals surface area (Å²) < 4.78 is 0. The van der Waals surface area contributed by atoms with Crippen molar-refractivity contribution in [1.29, 1.82) is 0 Å². The Hall–Kier alpha value is -1.28. The van der Waals surface area contributed by atoms with Crippen molar-refractivity contribution in [3.63, 3.8) is 0 Å². The molecule has 2 amide bonds. The number of thioether (sulfide) groups is 1. The number of aliphatic carboxylic acids is 1. The Bertz CT molecular complexity index is 537. The molecule has 1 atom stereocenters. The Labute approximate surface area is 130 Å². The highest BCUT2D eigenvalue weighted by Gasteiger charge is 2.28. The molecular formula is C13H17N3O3S2. The zero-order valence-corrected chi connectivity index (χ0v) is 13.1. The van der Waals surface area contributed by atoms with Crippen LogP contribution in [0.3, 0.4) is 0 Å². The van der Waals surface area contributed by atoms with Gasteiger partial charge in [0.25, 0.3) is 0 Å². The van der Waals surface area contributed by atoms with Gasteiger partial charge < -0.3 is 10.0 Å². The van der Waals surface area contributed by atoms with Gasteiger partial charge in [0.2, 0.25) is 0 Å². The predicted octanol–water partition coefficient (Wildman–Crippen LogP) is 2.26. The van der Waals surface area contributed by atoms with E-state index in [1.807, 2.05) is 11.8 Å². The van der Waals surface area contributed by atoms with E-state index in [0.717, 1.165) is 30.0 Å². The van der Waals surface area contributed by atoms with E-state index in [1.54, 1.807) is 4.90 Å². The first-order chi connectivity index (χ1) is 10.1. The second-order valence-electron chi connectivity index (χ2n) is 5.25. The van der Waals surface area contributed by atoms with E-state index in [1.165, 1.54) is 16.2 Å². The van der Waals surface area contributed by atoms with Gasteiger partial charge in [0.15, 0.2) is 5.13 Å². The number of hydrogen-bond acceptors (Lipinski definition) is 5. The summed E-state index contributed by atoms with van der Waals surface area (Å²) in [5.74, 6) is 0.768. The maximum absolute atomic E-state index is 12.2. The van der Waals surface area contributed by atoms with Crippen molar-refractivity contribution < 1.29 is 14.7 Å². The molecule has 2 N–H and O–H groups in total. The minimum atomic E-state index is -0.825. The number of likely N-dealkylation sites (tertiary alicyclic amines) is 1. The third-order valence-corrected chi connectivity index (χ3v) is 5.95. The van der Waals surface area contributed by atoms with Crippen LogP contribution in [0.2, 0.25) is 0 Å². The van der Waals surface area contributed by atoms with Gasteiger partial charge in [-0.2, -0.15) is 11.8 Å². The second-order valence-corrected chi connectivity index (χ2v) is 7.43. The van der Waals surface area contributed by atoms with E-state index >= 15 is 0 Å². The molecule has 1 unspecified atom stereocenters. The number of anilines is 1. The van der Waals surface area contributed by atoms with E-state index < -0.39 is 11.9 Å². The SMILES string of the molecule is O=C(O)C1CCCN(C(=O)Nc2nc3c(s2)CSCC3)C1. The summed E-state index contributed by atoms with van der Waals surface area (Å²) in [7, 11) is 0. The number of aromatic nitrogens is 1. The number of amides is 2. The average Bonchev–Trinajstić information content (AvgIpc) is 2.89. The molecule has 2 aliphatic heterocycles. The summed E-state index contributed by atoms with van der Waals surface area (Å²) in [4.78, 5) is 30.6. The molecule has 21 heavy (non-hydrogen) atoms. The predicted molar refractivity (Wildman–Crippen MR) is 82.9 cm³/mol. The van der Waals surface area contributed by atoms with Gasteiger partial charge in [0.05, 0.1) is 11.6 Å². The number of aryl methyl sites for hydroxylation is 1. The number of hydrogen-bond donors (Lipinski definition) is 2. The number of nitrogens with one attached hydrogen (secondary N) is 1. The van der Waals surface area contributed by atoms with Gasteiger partial charge in [0.1, 0.15) is 0 Å². The van der Waals surface area contributed by atoms with Gasteiger partial charge in [0, 0.05) is 23.7 Å². The maximum atomic E-state index is 12.2. The molecule has 0 bridgehead atoms. The Morgan fingerprint density at radius 1 is 1.43 bits per heavy atom. The van der Waals surface area contributed by atoms with E-state index in [-0.39, 0.29) is 12.6 Å². The molecule has 0 radical (unpaired) electrons. The molecule has 1 saturated heterocycles. The van der Waals surface area contributed by atoms with Crippen LogP contribution in [0.25, 0.3) is 0 Å². The van der Waals surface area contributed by atoms with Gasteiger partial charge in [-0.25, -0.2) is 9.78 Å². The quantitative estimate of drug-likeness (QED) is 0.870. The van der Waals surface area contributed by atoms with E-state index in [9.17, 15) is 9.59 Å². The van der Waals surface area contributed by atoms with Crippen molar-refractivity contribution in [2.45, 2.75) is 25.0 Å². The third-order valence-electron chi connectivity index (χ3n) is 3.77. The third kappa shape index (κ3) is 3.32. The molecule has 8 heteroatoms. The minimum Gasteiger partial charge on any atom is -0.481 e. The van der Waals surface area contributed by atoms with Gasteiger partial charge in [-0.05, 0) is 25.0 Å². The van der Waals surface area contributed by atoms with Gasteiger partial charge in [-0.3, -0.25) is 10.1 Å². The molecule has 0 aliphatic carbocycles. The zero-order chi connectivity index (χ0) is 14.8. The van der Waals surface area contributed by atoms with Crippen LogP contribution in [-0.4, -0.2) is 45.8 Å². The number of carboxylic acid groups (broad SMARTS) is 1. The summed E-state index contributed by atoms with van der Waals surface area (Å²) in [6, 6.07) is -0.236. The average molecular weight is 327 g/mol. The normalized spacial score (nSPS) is 21.7. The smallest absolute Gasteiger partial charge is 0.323 e. The molecule has 1 fully saturated rings. The number of rotatable bonds is 2. The van der Waals surface area contributed by atoms with Crippen LogP contribution < -0.4 is 5.32 Å². The lowest BCUT2D eigenvalue weighted by molar-refractivity contribution is -0.143. The summed E-state index contributed by atoms with van der Waals surface area (Å²) in [5, 5.41) is 12.5. The first-order valence-corrected chi connectivity index (χ1v) is 8.95. The zero-order valence-electron chi connectivity index (χ0n) is 11.5. The number of nitrogens with zero attached hydrogens (tertiary/aromatic N) is 2. The fourth-order valence-electron chi connectivity index (χ4n) is 2.61. The molecule has 114 valence electrons. The minimum absolute atomic E-state index is 0.236. The molecule has 3 rings (SSSR count). The Morgan fingerprint density at radius 2 is 2.29 bits per heavy atom. The van der Waals surface area contributed by atoms with Crippen LogP contribution in [0, 0.1) is 5.92 Å². The number of carbonyl (C=O) groups excluding carboxylic acids is 1. The lowest BCUT2D eigenvalue weighted by Crippen LogP contribution is -2.44. The fraction of sp³-hybridized carbons (Fsp3) is 0.615. The number of thiazole rings is 1. The van der Waals surface area contributed by atoms with E-state index in [2.05, 4.69) is 10.3 Å². The van der Waals surface area contributed by atoms with Crippen molar-refractivity contribution >= 4 is 40.2 Å². The van der Waals surface area contributed by atoms with Gasteiger partial charge >= 0.3 is 12.0 Å². The van der Waals surface area contributed by atoms with Crippen LogP contribution in [0.1, 0.15) is 23.4 Å². The molecule has 2 aliphatic rings. The van der Waals surface area contributed by atoms with E-state index in [4.69, 9.17) is 5.11 Å². The molecule has 0 saturated carbocycles. The maximum Gasteiger partial charge on any atom is 0.323 e. The summed E-state index contributed by atoms with van der Waals surface area (Å²) in [6.07, 6.45) is 2.33. The van der Waals surface area contributed by atoms with Crippen LogP contribution in [-0.2, 0) is 17.0 Å². The van der Waals surface area contributed by atoms with Crippen molar-refractivity contribution in [3.05, 3.63) is 10.6 Å². The van der Waals surface area contributed by atoms with Crippen LogP contribution in [0.15, 0.2) is 0 Å². The highest BCUT2D eigenvalue weighted by Crippen LogP contribution is 2.32. The first-order valence-electron chi connectivity index (χ1n) is 6.98. The second kappa shape index (κ2) is 6.23. The van der Waals surface area contributed by atoms with Crippen LogP contribution >= 0.6 is 23.1 Å². The van der Waals surface area contributed by atoms with Crippen LogP contribution in [0.5, 0.6) is 0 Å². The van der Waals surface area contributed by atoms with Crippen LogP contribution in [0.4, 0.5) is 9.93 Å². The summed E-state index contributed by atoms with van der Waals surface area (Å²) in [6.45, 7) is 0.888. The Balaban J connectivity index is 1.63. The highest BCUT2D eigenvalue weighted by atomic mass is 32.2. The van der Waals surface area contributed by atoms with Gasteiger partial charge in [-0.15, -0.1) is 11.3 Å². The van der Waals surface area contributed by atoms with Crippen molar-refractivity contribution in [3.8, 4) is 0 Å². The fourth-order valence-corrected chi connectivity index (χ4v) is 4.73. The monoisotopic (exact) mass is 327 g/mol. The number of carbonyl (C=O) groups is 2. The van der Waals surface area contributed by atoms with Crippen molar-refractivity contribution in [2.24, 2.45) is 5.92 Å². The highest BCUT2D eigenvalue weighted by molar-refractivity contribution is 7.98. The number of piperidine rings is 1. The molecule has 1 aromatic heterocycles. The molecule has 0 spiro atoms. The number of carboxylic acids is 1. The Kier molecular flexibility index (Phi) is 4.34. The molecule has 1 aromatic rings. The topological polar surface area (TPSA) is 82.5 Å². The largest absolute Gasteiger partial charge is 0.481 e. The first kappa shape index (κ1) is 14.6. The Morgan fingerprint density at radius 3 is 3.05 bits per heavy atom. The number of urea groups is 1. The molecule has 3 heterocycles. The molecule has 0 aromatic carbocycles. The lowest BCUT2D eigenvalue weighted by Gasteiger charge is -2.30. The summed E-state index contributed by atoms with van der Waals surface area (Å²) >= 11 is 3.41. The molecular weight excluding hydrogens is 310 g/mol. The standard InChI is InChI=1S/C13H17N3O3S2/c17-11(18)8-2-1-4-16(6-8)13(19)15-12-14-9-3-5-20-7-10(9)21-12/h8H,1-7H2,(H,17,18)(H,14,15,19). The van der Waals surface area contributed by atoms with E-state index in [0.29, 0.717) is 18.1 Å². The lowest BCUT2D eigenvalue weighted by atomic mass is 9.99. The summed E-state index contributed by atoms with van der Waals surface area (Å²) in [5.41, 5.74) is 1.09. The van der Waals surface area contributed by atoms with Crippen molar-refractivity contribution in [2.75, 3.05) is 24.2 Å².